The molecule has 0 atom stereocenters. The van der Waals surface area contributed by atoms with Gasteiger partial charge in [0, 0.05) is 10.9 Å². The number of aromatic nitrogens is 1. The Morgan fingerprint density at radius 1 is 1.00 bits per heavy atom. The Balaban J connectivity index is 1.87. The highest BCUT2D eigenvalue weighted by molar-refractivity contribution is 5.97. The molecule has 1 N–H and O–H groups in total. The number of carbonyl (C=O) groups is 1. The van der Waals surface area contributed by atoms with E-state index in [4.69, 9.17) is 5.11 Å². The summed E-state index contributed by atoms with van der Waals surface area (Å²) < 4.78 is 0. The summed E-state index contributed by atoms with van der Waals surface area (Å²) in [7, 11) is 0. The molecule has 0 amide bonds. The standard InChI is InChI=1S/C19H15NO2/c21-13-19(22)16-6-3-4-14(12-16)8-10-17-11-9-15-5-1-2-7-18(15)20-17/h1-12,21H,13H2/b10-8+. The van der Waals surface area contributed by atoms with E-state index < -0.39 is 6.61 Å². The molecule has 0 saturated heterocycles. The Morgan fingerprint density at radius 3 is 2.73 bits per heavy atom. The molecule has 2 aromatic carbocycles. The lowest BCUT2D eigenvalue weighted by molar-refractivity contribution is 0.0903. The quantitative estimate of drug-likeness (QED) is 0.747. The molecule has 3 aromatic rings. The largest absolute Gasteiger partial charge is 0.388 e. The van der Waals surface area contributed by atoms with Crippen molar-refractivity contribution in [3.05, 3.63) is 77.5 Å². The van der Waals surface area contributed by atoms with Gasteiger partial charge in [0.15, 0.2) is 5.78 Å². The second kappa shape index (κ2) is 6.33. The summed E-state index contributed by atoms with van der Waals surface area (Å²) in [4.78, 5) is 16.1. The zero-order valence-corrected chi connectivity index (χ0v) is 11.9. The van der Waals surface area contributed by atoms with Crippen molar-refractivity contribution in [2.45, 2.75) is 0 Å². The Hall–Kier alpha value is -2.78. The minimum atomic E-state index is -0.473. The van der Waals surface area contributed by atoms with Crippen LogP contribution in [0.5, 0.6) is 0 Å². The van der Waals surface area contributed by atoms with Gasteiger partial charge in [0.25, 0.3) is 0 Å². The zero-order chi connectivity index (χ0) is 15.4. The summed E-state index contributed by atoms with van der Waals surface area (Å²) in [5.74, 6) is -0.279. The number of hydrogen-bond acceptors (Lipinski definition) is 3. The molecule has 0 unspecified atom stereocenters. The highest BCUT2D eigenvalue weighted by atomic mass is 16.3. The number of ketones is 1. The topological polar surface area (TPSA) is 50.2 Å². The molecule has 0 fully saturated rings. The van der Waals surface area contributed by atoms with Crippen molar-refractivity contribution in [1.29, 1.82) is 0 Å². The Morgan fingerprint density at radius 2 is 1.86 bits per heavy atom. The number of nitrogens with zero attached hydrogens (tertiary/aromatic N) is 1. The Kier molecular flexibility index (Phi) is 4.08. The number of aliphatic hydroxyl groups is 1. The number of aliphatic hydroxyl groups excluding tert-OH is 1. The maximum Gasteiger partial charge on any atom is 0.188 e. The highest BCUT2D eigenvalue weighted by Gasteiger charge is 2.03. The molecule has 0 spiro atoms. The fourth-order valence-corrected chi connectivity index (χ4v) is 2.26. The minimum Gasteiger partial charge on any atom is -0.388 e. The first kappa shape index (κ1) is 14.2. The molecular weight excluding hydrogens is 274 g/mol. The molecule has 3 rings (SSSR count). The number of hydrogen-bond donors (Lipinski definition) is 1. The molecule has 1 heterocycles. The van der Waals surface area contributed by atoms with Crippen molar-refractivity contribution in [3.63, 3.8) is 0 Å². The van der Waals surface area contributed by atoms with E-state index in [2.05, 4.69) is 4.98 Å². The van der Waals surface area contributed by atoms with Gasteiger partial charge in [0.2, 0.25) is 0 Å². The first-order valence-corrected chi connectivity index (χ1v) is 7.04. The molecule has 0 aliphatic rings. The molecule has 0 radical (unpaired) electrons. The van der Waals surface area contributed by atoms with Gasteiger partial charge in [-0.15, -0.1) is 0 Å². The first-order chi connectivity index (χ1) is 10.8. The lowest BCUT2D eigenvalue weighted by Crippen LogP contribution is -2.03. The van der Waals surface area contributed by atoms with E-state index in [0.717, 1.165) is 22.2 Å². The molecule has 0 aliphatic carbocycles. The molecule has 3 heteroatoms. The lowest BCUT2D eigenvalue weighted by atomic mass is 10.1. The predicted octanol–water partition coefficient (Wildman–Crippen LogP) is 3.58. The first-order valence-electron chi connectivity index (χ1n) is 7.04. The van der Waals surface area contributed by atoms with Gasteiger partial charge >= 0.3 is 0 Å². The summed E-state index contributed by atoms with van der Waals surface area (Å²) >= 11 is 0. The number of fused-ring (bicyclic) bond motifs is 1. The van der Waals surface area contributed by atoms with Crippen molar-refractivity contribution in [2.24, 2.45) is 0 Å². The zero-order valence-electron chi connectivity index (χ0n) is 11.9. The fourth-order valence-electron chi connectivity index (χ4n) is 2.26. The third-order valence-electron chi connectivity index (χ3n) is 3.42. The number of benzene rings is 2. The molecule has 1 aromatic heterocycles. The van der Waals surface area contributed by atoms with Crippen LogP contribution in [0.15, 0.2) is 60.7 Å². The molecule has 3 nitrogen and oxygen atoms in total. The van der Waals surface area contributed by atoms with Crippen molar-refractivity contribution < 1.29 is 9.90 Å². The summed E-state index contributed by atoms with van der Waals surface area (Å²) in [5.41, 5.74) is 3.22. The SMILES string of the molecule is O=C(CO)c1cccc(/C=C/c2ccc3ccccc3n2)c1. The van der Waals surface area contributed by atoms with Crippen LogP contribution in [0.3, 0.4) is 0 Å². The maximum atomic E-state index is 11.5. The number of rotatable bonds is 4. The molecule has 0 saturated carbocycles. The summed E-state index contributed by atoms with van der Waals surface area (Å²) in [6, 6.07) is 19.1. The lowest BCUT2D eigenvalue weighted by Gasteiger charge is -2.00. The van der Waals surface area contributed by atoms with Gasteiger partial charge in [-0.1, -0.05) is 48.5 Å². The third kappa shape index (κ3) is 3.10. The van der Waals surface area contributed by atoms with Gasteiger partial charge in [-0.3, -0.25) is 4.79 Å². The molecule has 22 heavy (non-hydrogen) atoms. The average Bonchev–Trinajstić information content (AvgIpc) is 2.59. The predicted molar refractivity (Wildman–Crippen MR) is 88.5 cm³/mol. The van der Waals surface area contributed by atoms with Gasteiger partial charge in [0.05, 0.1) is 11.2 Å². The molecule has 108 valence electrons. The second-order valence-corrected chi connectivity index (χ2v) is 4.97. The molecular formula is C19H15NO2. The van der Waals surface area contributed by atoms with E-state index in [0.29, 0.717) is 5.56 Å². The van der Waals surface area contributed by atoms with Crippen LogP contribution in [-0.2, 0) is 0 Å². The van der Waals surface area contributed by atoms with E-state index in [1.165, 1.54) is 0 Å². The van der Waals surface area contributed by atoms with Gasteiger partial charge in [-0.2, -0.15) is 0 Å². The fraction of sp³-hybridized carbons (Fsp3) is 0.0526. The second-order valence-electron chi connectivity index (χ2n) is 4.97. The van der Waals surface area contributed by atoms with Crippen LogP contribution in [0.1, 0.15) is 21.6 Å². The van der Waals surface area contributed by atoms with Crippen LogP contribution in [0.25, 0.3) is 23.1 Å². The van der Waals surface area contributed by atoms with E-state index in [1.807, 2.05) is 54.6 Å². The third-order valence-corrected chi connectivity index (χ3v) is 3.42. The Labute approximate surface area is 128 Å². The van der Waals surface area contributed by atoms with E-state index in [-0.39, 0.29) is 5.78 Å². The van der Waals surface area contributed by atoms with Crippen LogP contribution in [0.2, 0.25) is 0 Å². The Bertz CT molecular complexity index is 853. The van der Waals surface area contributed by atoms with E-state index in [9.17, 15) is 4.79 Å². The van der Waals surface area contributed by atoms with E-state index >= 15 is 0 Å². The number of Topliss-reactive ketones (excluding diaryl/α,β-unsaturated/α-hetero) is 1. The summed E-state index contributed by atoms with van der Waals surface area (Å²) in [6.45, 7) is -0.473. The van der Waals surface area contributed by atoms with Gasteiger partial charge in [-0.05, 0) is 29.8 Å². The van der Waals surface area contributed by atoms with E-state index in [1.54, 1.807) is 18.2 Å². The normalized spacial score (nSPS) is 11.1. The van der Waals surface area contributed by atoms with Crippen LogP contribution < -0.4 is 0 Å². The number of carbonyl (C=O) groups excluding carboxylic acids is 1. The van der Waals surface area contributed by atoms with Crippen LogP contribution in [-0.4, -0.2) is 22.5 Å². The van der Waals surface area contributed by atoms with Crippen molar-refractivity contribution >= 4 is 28.8 Å². The summed E-state index contributed by atoms with van der Waals surface area (Å²) in [5, 5.41) is 10.0. The number of pyridine rings is 1. The van der Waals surface area contributed by atoms with Crippen molar-refractivity contribution in [1.82, 2.24) is 4.98 Å². The van der Waals surface area contributed by atoms with Gasteiger partial charge < -0.3 is 5.11 Å². The maximum absolute atomic E-state index is 11.5. The monoisotopic (exact) mass is 289 g/mol. The van der Waals surface area contributed by atoms with Crippen LogP contribution in [0.4, 0.5) is 0 Å². The molecule has 0 bridgehead atoms. The average molecular weight is 289 g/mol. The number of para-hydroxylation sites is 1. The smallest absolute Gasteiger partial charge is 0.188 e. The van der Waals surface area contributed by atoms with Gasteiger partial charge in [0.1, 0.15) is 6.61 Å². The summed E-state index contributed by atoms with van der Waals surface area (Å²) in [6.07, 6.45) is 3.82. The molecule has 0 aliphatic heterocycles. The van der Waals surface area contributed by atoms with Gasteiger partial charge in [-0.25, -0.2) is 4.98 Å². The van der Waals surface area contributed by atoms with Crippen molar-refractivity contribution in [2.75, 3.05) is 6.61 Å². The van der Waals surface area contributed by atoms with Crippen molar-refractivity contribution in [3.8, 4) is 0 Å². The highest BCUT2D eigenvalue weighted by Crippen LogP contribution is 2.14. The van der Waals surface area contributed by atoms with Crippen LogP contribution in [0, 0.1) is 0 Å². The van der Waals surface area contributed by atoms with Crippen LogP contribution >= 0.6 is 0 Å². The minimum absolute atomic E-state index is 0.279.